The number of esters is 1. The molecule has 2 rings (SSSR count). The molecule has 0 unspecified atom stereocenters. The summed E-state index contributed by atoms with van der Waals surface area (Å²) < 4.78 is 18.6. The molecule has 5 nitrogen and oxygen atoms in total. The number of amides is 1. The van der Waals surface area contributed by atoms with Crippen LogP contribution in [0.3, 0.4) is 0 Å². The lowest BCUT2D eigenvalue weighted by molar-refractivity contribution is 0.0467. The third kappa shape index (κ3) is 3.56. The van der Waals surface area contributed by atoms with Gasteiger partial charge >= 0.3 is 5.97 Å². The highest BCUT2D eigenvalue weighted by Gasteiger charge is 2.13. The number of carbonyl (C=O) groups excluding carboxylic acids is 2. The Hall–Kier alpha value is -2.89. The van der Waals surface area contributed by atoms with Crippen LogP contribution in [0.1, 0.15) is 26.3 Å². The van der Waals surface area contributed by atoms with E-state index in [4.69, 9.17) is 16.2 Å². The lowest BCUT2D eigenvalue weighted by atomic mass is 10.1. The Bertz CT molecular complexity index is 701. The molecule has 0 saturated carbocycles. The maximum Gasteiger partial charge on any atom is 0.341 e. The van der Waals surface area contributed by atoms with Gasteiger partial charge in [0.05, 0.1) is 5.56 Å². The van der Waals surface area contributed by atoms with Crippen LogP contribution in [-0.2, 0) is 11.3 Å². The number of hydrogen-bond donors (Lipinski definition) is 2. The average Bonchev–Trinajstić information content (AvgIpc) is 2.45. The van der Waals surface area contributed by atoms with Crippen molar-refractivity contribution in [2.45, 2.75) is 6.61 Å². The molecule has 2 aromatic rings. The zero-order chi connectivity index (χ0) is 15.4. The first-order chi connectivity index (χ1) is 9.97. The molecule has 4 N–H and O–H groups in total. The number of carbonyl (C=O) groups is 2. The first-order valence-corrected chi connectivity index (χ1v) is 6.08. The highest BCUT2D eigenvalue weighted by atomic mass is 19.1. The van der Waals surface area contributed by atoms with Gasteiger partial charge in [-0.25, -0.2) is 9.18 Å². The smallest absolute Gasteiger partial charge is 0.341 e. The van der Waals surface area contributed by atoms with E-state index in [9.17, 15) is 14.0 Å². The summed E-state index contributed by atoms with van der Waals surface area (Å²) in [6, 6.07) is 10.1. The Labute approximate surface area is 120 Å². The van der Waals surface area contributed by atoms with E-state index < -0.39 is 17.7 Å². The van der Waals surface area contributed by atoms with Crippen molar-refractivity contribution < 1.29 is 18.7 Å². The fourth-order valence-electron chi connectivity index (χ4n) is 1.74. The van der Waals surface area contributed by atoms with Crippen LogP contribution in [0, 0.1) is 5.82 Å². The van der Waals surface area contributed by atoms with Gasteiger partial charge in [-0.1, -0.05) is 12.1 Å². The van der Waals surface area contributed by atoms with Crippen molar-refractivity contribution in [3.8, 4) is 0 Å². The van der Waals surface area contributed by atoms with Crippen LogP contribution in [0.15, 0.2) is 42.5 Å². The Balaban J connectivity index is 2.07. The number of anilines is 1. The van der Waals surface area contributed by atoms with Gasteiger partial charge in [0.1, 0.15) is 12.4 Å². The number of rotatable bonds is 4. The number of hydrogen-bond acceptors (Lipinski definition) is 4. The molecular weight excluding hydrogens is 275 g/mol. The summed E-state index contributed by atoms with van der Waals surface area (Å²) in [7, 11) is 0. The topological polar surface area (TPSA) is 95.4 Å². The van der Waals surface area contributed by atoms with Crippen molar-refractivity contribution in [3.63, 3.8) is 0 Å². The first-order valence-electron chi connectivity index (χ1n) is 6.08. The normalized spacial score (nSPS) is 10.1. The summed E-state index contributed by atoms with van der Waals surface area (Å²) in [6.45, 7) is -0.0935. The second-order valence-corrected chi connectivity index (χ2v) is 4.38. The molecule has 6 heteroatoms. The van der Waals surface area contributed by atoms with Gasteiger partial charge in [0.2, 0.25) is 5.91 Å². The Morgan fingerprint density at radius 2 is 1.90 bits per heavy atom. The van der Waals surface area contributed by atoms with Gasteiger partial charge in [-0.05, 0) is 35.9 Å². The molecule has 2 aromatic carbocycles. The van der Waals surface area contributed by atoms with E-state index in [2.05, 4.69) is 0 Å². The van der Waals surface area contributed by atoms with Crippen LogP contribution in [0.2, 0.25) is 0 Å². The quantitative estimate of drug-likeness (QED) is 0.663. The van der Waals surface area contributed by atoms with Gasteiger partial charge in [0.15, 0.2) is 0 Å². The lowest BCUT2D eigenvalue weighted by Gasteiger charge is -2.07. The van der Waals surface area contributed by atoms with Crippen LogP contribution >= 0.6 is 0 Å². The number of benzene rings is 2. The molecule has 0 aliphatic carbocycles. The zero-order valence-corrected chi connectivity index (χ0v) is 11.0. The zero-order valence-electron chi connectivity index (χ0n) is 11.0. The molecule has 21 heavy (non-hydrogen) atoms. The average molecular weight is 288 g/mol. The molecule has 0 aromatic heterocycles. The van der Waals surface area contributed by atoms with Crippen LogP contribution in [-0.4, -0.2) is 11.9 Å². The summed E-state index contributed by atoms with van der Waals surface area (Å²) in [5.74, 6) is -2.13. The van der Waals surface area contributed by atoms with Gasteiger partial charge in [0, 0.05) is 11.3 Å². The minimum Gasteiger partial charge on any atom is -0.457 e. The monoisotopic (exact) mass is 288 g/mol. The highest BCUT2D eigenvalue weighted by Crippen LogP contribution is 2.14. The molecule has 1 amide bonds. The molecular formula is C15H13FN2O3. The van der Waals surface area contributed by atoms with E-state index in [0.717, 1.165) is 6.07 Å². The minimum atomic E-state index is -0.808. The summed E-state index contributed by atoms with van der Waals surface area (Å²) >= 11 is 0. The maximum absolute atomic E-state index is 13.6. The van der Waals surface area contributed by atoms with Gasteiger partial charge in [-0.15, -0.1) is 0 Å². The van der Waals surface area contributed by atoms with Gasteiger partial charge in [-0.3, -0.25) is 4.79 Å². The van der Waals surface area contributed by atoms with Gasteiger partial charge in [0.25, 0.3) is 0 Å². The van der Waals surface area contributed by atoms with Crippen molar-refractivity contribution in [3.05, 3.63) is 65.0 Å². The standard InChI is InChI=1S/C15H13FN2O3/c16-13-7-11(17)4-5-12(13)15(20)21-8-9-2-1-3-10(6-9)14(18)19/h1-7H,8,17H2,(H2,18,19). The van der Waals surface area contributed by atoms with Crippen LogP contribution in [0.4, 0.5) is 10.1 Å². The van der Waals surface area contributed by atoms with Crippen LogP contribution in [0.5, 0.6) is 0 Å². The van der Waals surface area contributed by atoms with Gasteiger partial charge < -0.3 is 16.2 Å². The molecule has 0 fully saturated rings. The predicted octanol–water partition coefficient (Wildman–Crippen LogP) is 1.86. The molecule has 0 atom stereocenters. The van der Waals surface area contributed by atoms with E-state index in [0.29, 0.717) is 11.1 Å². The van der Waals surface area contributed by atoms with Crippen molar-refractivity contribution in [1.29, 1.82) is 0 Å². The summed E-state index contributed by atoms with van der Waals surface area (Å²) in [6.07, 6.45) is 0. The largest absolute Gasteiger partial charge is 0.457 e. The van der Waals surface area contributed by atoms with Crippen molar-refractivity contribution in [2.75, 3.05) is 5.73 Å². The predicted molar refractivity (Wildman–Crippen MR) is 74.9 cm³/mol. The molecule has 108 valence electrons. The fourth-order valence-corrected chi connectivity index (χ4v) is 1.74. The molecule has 0 heterocycles. The first kappa shape index (κ1) is 14.5. The van der Waals surface area contributed by atoms with E-state index in [1.54, 1.807) is 18.2 Å². The second kappa shape index (κ2) is 6.04. The van der Waals surface area contributed by atoms with Gasteiger partial charge in [-0.2, -0.15) is 0 Å². The highest BCUT2D eigenvalue weighted by molar-refractivity contribution is 5.93. The minimum absolute atomic E-state index is 0.0935. The third-order valence-corrected chi connectivity index (χ3v) is 2.79. The summed E-state index contributed by atoms with van der Waals surface area (Å²) in [5, 5.41) is 0. The Morgan fingerprint density at radius 1 is 1.14 bits per heavy atom. The van der Waals surface area contributed by atoms with Crippen molar-refractivity contribution in [2.24, 2.45) is 5.73 Å². The molecule has 0 aliphatic rings. The molecule has 0 radical (unpaired) electrons. The van der Waals surface area contributed by atoms with E-state index in [1.807, 2.05) is 0 Å². The second-order valence-electron chi connectivity index (χ2n) is 4.38. The SMILES string of the molecule is NC(=O)c1cccc(COC(=O)c2ccc(N)cc2F)c1. The van der Waals surface area contributed by atoms with Crippen molar-refractivity contribution >= 4 is 17.6 Å². The van der Waals surface area contributed by atoms with Crippen LogP contribution in [0.25, 0.3) is 0 Å². The number of ether oxygens (including phenoxy) is 1. The van der Waals surface area contributed by atoms with E-state index in [1.165, 1.54) is 18.2 Å². The summed E-state index contributed by atoms with van der Waals surface area (Å²) in [4.78, 5) is 22.8. The molecule has 0 bridgehead atoms. The number of halogens is 1. The maximum atomic E-state index is 13.6. The lowest BCUT2D eigenvalue weighted by Crippen LogP contribution is -2.12. The molecule has 0 spiro atoms. The summed E-state index contributed by atoms with van der Waals surface area (Å²) in [5.41, 5.74) is 11.5. The third-order valence-electron chi connectivity index (χ3n) is 2.79. The van der Waals surface area contributed by atoms with Crippen LogP contribution < -0.4 is 11.5 Å². The van der Waals surface area contributed by atoms with Crippen molar-refractivity contribution in [1.82, 2.24) is 0 Å². The van der Waals surface area contributed by atoms with E-state index >= 15 is 0 Å². The fraction of sp³-hybridized carbons (Fsp3) is 0.0667. The number of nitrogen functional groups attached to an aromatic ring is 1. The Morgan fingerprint density at radius 3 is 2.57 bits per heavy atom. The number of nitrogens with two attached hydrogens (primary N) is 2. The molecule has 0 aliphatic heterocycles. The Kier molecular flexibility index (Phi) is 4.18. The number of primary amides is 1. The van der Waals surface area contributed by atoms with E-state index in [-0.39, 0.29) is 17.9 Å². The molecule has 0 saturated heterocycles.